The number of hydrogen-bond acceptors (Lipinski definition) is 4. The van der Waals surface area contributed by atoms with Crippen LogP contribution in [-0.2, 0) is 11.3 Å². The third kappa shape index (κ3) is 4.99. The van der Waals surface area contributed by atoms with E-state index in [0.717, 1.165) is 37.9 Å². The second-order valence-corrected chi connectivity index (χ2v) is 8.10. The molecule has 3 heterocycles. The van der Waals surface area contributed by atoms with Crippen molar-refractivity contribution in [2.45, 2.75) is 32.7 Å². The first kappa shape index (κ1) is 21.6. The number of aryl methyl sites for hydroxylation is 1. The van der Waals surface area contributed by atoms with Crippen molar-refractivity contribution in [2.75, 3.05) is 24.5 Å². The predicted octanol–water partition coefficient (Wildman–Crippen LogP) is 3.46. The normalized spacial score (nSPS) is 13.7. The number of carbonyl (C=O) groups is 2. The van der Waals surface area contributed by atoms with Gasteiger partial charge in [0.25, 0.3) is 11.5 Å². The van der Waals surface area contributed by atoms with Gasteiger partial charge in [-0.2, -0.15) is 0 Å². The average Bonchev–Trinajstić information content (AvgIpc) is 3.28. The lowest BCUT2D eigenvalue weighted by Crippen LogP contribution is -2.44. The van der Waals surface area contributed by atoms with E-state index in [9.17, 15) is 14.4 Å². The van der Waals surface area contributed by atoms with Crippen LogP contribution < -0.4 is 10.5 Å². The fourth-order valence-electron chi connectivity index (χ4n) is 3.85. The first-order chi connectivity index (χ1) is 15.5. The second-order valence-electron chi connectivity index (χ2n) is 8.10. The number of anilines is 1. The van der Waals surface area contributed by atoms with Crippen LogP contribution in [-0.4, -0.2) is 40.9 Å². The summed E-state index contributed by atoms with van der Waals surface area (Å²) in [5.74, 6) is 0.177. The largest absolute Gasteiger partial charge is 0.454 e. The molecule has 1 aliphatic heterocycles. The molecule has 7 nitrogen and oxygen atoms in total. The van der Waals surface area contributed by atoms with Gasteiger partial charge in [-0.3, -0.25) is 19.3 Å². The third-order valence-corrected chi connectivity index (χ3v) is 5.69. The summed E-state index contributed by atoms with van der Waals surface area (Å²) >= 11 is 0. The van der Waals surface area contributed by atoms with Gasteiger partial charge < -0.3 is 13.9 Å². The Morgan fingerprint density at radius 1 is 0.969 bits per heavy atom. The van der Waals surface area contributed by atoms with Crippen LogP contribution in [0.3, 0.4) is 0 Å². The molecule has 0 aliphatic carbocycles. The van der Waals surface area contributed by atoms with E-state index in [1.807, 2.05) is 36.1 Å². The Morgan fingerprint density at radius 2 is 1.72 bits per heavy atom. The molecule has 0 N–H and O–H groups in total. The number of aromatic nitrogens is 1. The summed E-state index contributed by atoms with van der Waals surface area (Å²) in [6.07, 6.45) is 4.78. The summed E-state index contributed by atoms with van der Waals surface area (Å²) in [7, 11) is 0. The Hall–Kier alpha value is -3.61. The van der Waals surface area contributed by atoms with Gasteiger partial charge in [-0.25, -0.2) is 0 Å². The highest BCUT2D eigenvalue weighted by Crippen LogP contribution is 2.21. The van der Waals surface area contributed by atoms with Crippen molar-refractivity contribution >= 4 is 17.5 Å². The van der Waals surface area contributed by atoms with Gasteiger partial charge in [-0.05, 0) is 56.5 Å². The van der Waals surface area contributed by atoms with Gasteiger partial charge >= 0.3 is 0 Å². The molecule has 2 amide bonds. The van der Waals surface area contributed by atoms with Crippen molar-refractivity contribution in [3.63, 3.8) is 0 Å². The Kier molecular flexibility index (Phi) is 6.54. The molecule has 0 saturated carbocycles. The summed E-state index contributed by atoms with van der Waals surface area (Å²) in [6, 6.07) is 15.7. The standard InChI is InChI=1S/C25H27N3O4/c1-19-8-10-20(11-9-19)28(18-24(30)26-14-4-2-5-15-26)25(31)22-13-12-21(32-22)17-27-16-6-3-7-23(27)29/h3,6-13,16H,2,4-5,14-15,17-18H2,1H3. The number of carbonyl (C=O) groups excluding carboxylic acids is 2. The Labute approximate surface area is 186 Å². The minimum Gasteiger partial charge on any atom is -0.454 e. The molecular formula is C25H27N3O4. The van der Waals surface area contributed by atoms with Crippen molar-refractivity contribution in [1.29, 1.82) is 0 Å². The molecule has 4 rings (SSSR count). The molecule has 2 aromatic heterocycles. The Balaban J connectivity index is 1.56. The molecule has 7 heteroatoms. The van der Waals surface area contributed by atoms with Gasteiger partial charge in [0.05, 0.1) is 6.54 Å². The van der Waals surface area contributed by atoms with Crippen LogP contribution >= 0.6 is 0 Å². The molecule has 0 spiro atoms. The van der Waals surface area contributed by atoms with Gasteiger partial charge in [0, 0.05) is 31.0 Å². The number of pyridine rings is 1. The molecule has 1 aliphatic rings. The monoisotopic (exact) mass is 433 g/mol. The van der Waals surface area contributed by atoms with Gasteiger partial charge in [0.1, 0.15) is 12.3 Å². The van der Waals surface area contributed by atoms with Crippen LogP contribution in [0.5, 0.6) is 0 Å². The first-order valence-electron chi connectivity index (χ1n) is 10.9. The average molecular weight is 434 g/mol. The van der Waals surface area contributed by atoms with E-state index in [2.05, 4.69) is 0 Å². The number of nitrogens with zero attached hydrogens (tertiary/aromatic N) is 3. The maximum Gasteiger partial charge on any atom is 0.294 e. The topological polar surface area (TPSA) is 75.8 Å². The summed E-state index contributed by atoms with van der Waals surface area (Å²) in [4.78, 5) is 41.6. The van der Waals surface area contributed by atoms with Gasteiger partial charge in [0.2, 0.25) is 5.91 Å². The molecule has 3 aromatic rings. The summed E-state index contributed by atoms with van der Waals surface area (Å²) < 4.78 is 7.29. The minimum absolute atomic E-state index is 0.0456. The number of piperidine rings is 1. The Bertz CT molecular complexity index is 1140. The highest BCUT2D eigenvalue weighted by Gasteiger charge is 2.26. The van der Waals surface area contributed by atoms with Crippen LogP contribution in [0.4, 0.5) is 5.69 Å². The SMILES string of the molecule is Cc1ccc(N(CC(=O)N2CCCCC2)C(=O)c2ccc(Cn3ccccc3=O)o2)cc1. The second kappa shape index (κ2) is 9.68. The van der Waals surface area contributed by atoms with Crippen LogP contribution in [0.2, 0.25) is 0 Å². The van der Waals surface area contributed by atoms with E-state index >= 15 is 0 Å². The lowest BCUT2D eigenvalue weighted by atomic mass is 10.1. The smallest absolute Gasteiger partial charge is 0.294 e. The highest BCUT2D eigenvalue weighted by molar-refractivity contribution is 6.07. The lowest BCUT2D eigenvalue weighted by Gasteiger charge is -2.30. The van der Waals surface area contributed by atoms with Crippen molar-refractivity contribution in [3.8, 4) is 0 Å². The zero-order valence-electron chi connectivity index (χ0n) is 18.2. The Morgan fingerprint density at radius 3 is 2.44 bits per heavy atom. The molecule has 166 valence electrons. The van der Waals surface area contributed by atoms with E-state index in [1.54, 1.807) is 30.5 Å². The summed E-state index contributed by atoms with van der Waals surface area (Å²) in [5.41, 5.74) is 1.56. The number of furan rings is 1. The maximum atomic E-state index is 13.4. The maximum absolute atomic E-state index is 13.4. The summed E-state index contributed by atoms with van der Waals surface area (Å²) in [5, 5.41) is 0. The van der Waals surface area contributed by atoms with Gasteiger partial charge in [-0.1, -0.05) is 23.8 Å². The van der Waals surface area contributed by atoms with E-state index in [1.165, 1.54) is 15.5 Å². The molecule has 0 atom stereocenters. The van der Waals surface area contributed by atoms with Crippen molar-refractivity contribution in [2.24, 2.45) is 0 Å². The van der Waals surface area contributed by atoms with Crippen molar-refractivity contribution in [3.05, 3.63) is 88.2 Å². The van der Waals surface area contributed by atoms with Gasteiger partial charge in [-0.15, -0.1) is 0 Å². The minimum atomic E-state index is -0.383. The molecule has 1 fully saturated rings. The zero-order chi connectivity index (χ0) is 22.5. The number of benzene rings is 1. The number of hydrogen-bond donors (Lipinski definition) is 0. The van der Waals surface area contributed by atoms with Crippen molar-refractivity contribution in [1.82, 2.24) is 9.47 Å². The number of amides is 2. The van der Waals surface area contributed by atoms with E-state index in [-0.39, 0.29) is 36.2 Å². The van der Waals surface area contributed by atoms with Crippen LogP contribution in [0.1, 0.15) is 41.1 Å². The van der Waals surface area contributed by atoms with E-state index in [4.69, 9.17) is 4.42 Å². The number of likely N-dealkylation sites (tertiary alicyclic amines) is 1. The van der Waals surface area contributed by atoms with Crippen LogP contribution in [0.15, 0.2) is 70.0 Å². The lowest BCUT2D eigenvalue weighted by molar-refractivity contribution is -0.130. The number of rotatable bonds is 6. The molecule has 1 saturated heterocycles. The molecule has 32 heavy (non-hydrogen) atoms. The zero-order valence-corrected chi connectivity index (χ0v) is 18.2. The van der Waals surface area contributed by atoms with Crippen LogP contribution in [0.25, 0.3) is 0 Å². The molecule has 1 aromatic carbocycles. The molecule has 0 unspecified atom stereocenters. The van der Waals surface area contributed by atoms with E-state index < -0.39 is 0 Å². The van der Waals surface area contributed by atoms with E-state index in [0.29, 0.717) is 11.4 Å². The molecule has 0 bridgehead atoms. The van der Waals surface area contributed by atoms with Gasteiger partial charge in [0.15, 0.2) is 5.76 Å². The van der Waals surface area contributed by atoms with Crippen molar-refractivity contribution < 1.29 is 14.0 Å². The fourth-order valence-corrected chi connectivity index (χ4v) is 3.85. The quantitative estimate of drug-likeness (QED) is 0.597. The third-order valence-electron chi connectivity index (χ3n) is 5.69. The fraction of sp³-hybridized carbons (Fsp3) is 0.320. The molecule has 0 radical (unpaired) electrons. The predicted molar refractivity (Wildman–Crippen MR) is 122 cm³/mol. The molecular weight excluding hydrogens is 406 g/mol. The first-order valence-corrected chi connectivity index (χ1v) is 10.9. The van der Waals surface area contributed by atoms with Crippen LogP contribution in [0, 0.1) is 6.92 Å². The summed E-state index contributed by atoms with van der Waals surface area (Å²) in [6.45, 7) is 3.61. The highest BCUT2D eigenvalue weighted by atomic mass is 16.4.